The number of aliphatic carboxylic acids is 2. The number of hydrogen-bond acceptors (Lipinski definition) is 3. The molecule has 2 saturated carbocycles. The Morgan fingerprint density at radius 3 is 1.91 bits per heavy atom. The Labute approximate surface area is 198 Å². The quantitative estimate of drug-likeness (QED) is 0.398. The predicted octanol–water partition coefficient (Wildman–Crippen LogP) is 6.09. The molecule has 0 aromatic rings. The molecule has 4 rings (SSSR count). The van der Waals surface area contributed by atoms with E-state index in [0.717, 1.165) is 19.3 Å². The molecule has 7 unspecified atom stereocenters. The van der Waals surface area contributed by atoms with Crippen LogP contribution in [0, 0.1) is 62.6 Å². The molecule has 0 heterocycles. The highest BCUT2D eigenvalue weighted by Gasteiger charge is 2.65. The van der Waals surface area contributed by atoms with Gasteiger partial charge in [0.15, 0.2) is 0 Å². The smallest absolute Gasteiger partial charge is 0.311 e. The number of hydrogen-bond donors (Lipinski definition) is 2. The molecular weight excluding hydrogens is 414 g/mol. The zero-order valence-corrected chi connectivity index (χ0v) is 21.1. The number of carbonyl (C=O) groups is 2. The second-order valence-corrected chi connectivity index (χ2v) is 12.5. The van der Waals surface area contributed by atoms with Crippen molar-refractivity contribution in [2.75, 3.05) is 0 Å². The van der Waals surface area contributed by atoms with Crippen LogP contribution in [-0.4, -0.2) is 22.2 Å². The van der Waals surface area contributed by atoms with E-state index in [0.29, 0.717) is 11.5 Å². The lowest BCUT2D eigenvalue weighted by Crippen LogP contribution is -2.51. The monoisotopic (exact) mass is 453 g/mol. The van der Waals surface area contributed by atoms with Crippen LogP contribution < -0.4 is 0 Å². The third kappa shape index (κ3) is 3.66. The van der Waals surface area contributed by atoms with Gasteiger partial charge in [0, 0.05) is 11.5 Å². The summed E-state index contributed by atoms with van der Waals surface area (Å²) in [5, 5.41) is 28.4. The van der Waals surface area contributed by atoms with E-state index in [9.17, 15) is 19.8 Å². The van der Waals surface area contributed by atoms with Crippen LogP contribution in [0.25, 0.3) is 0 Å². The summed E-state index contributed by atoms with van der Waals surface area (Å²) in [6.45, 7) is 13.9. The van der Waals surface area contributed by atoms with Gasteiger partial charge in [0.05, 0.1) is 16.9 Å². The van der Waals surface area contributed by atoms with Crippen LogP contribution in [-0.2, 0) is 9.59 Å². The second-order valence-electron chi connectivity index (χ2n) is 12.5. The van der Waals surface area contributed by atoms with Crippen molar-refractivity contribution < 1.29 is 19.8 Å². The Hall–Kier alpha value is -2.35. The Morgan fingerprint density at radius 2 is 1.55 bits per heavy atom. The van der Waals surface area contributed by atoms with E-state index in [1.165, 1.54) is 0 Å². The lowest BCUT2D eigenvalue weighted by atomic mass is 9.55. The summed E-state index contributed by atoms with van der Waals surface area (Å²) in [6.07, 6.45) is 13.2. The van der Waals surface area contributed by atoms with Crippen molar-refractivity contribution in [3.8, 4) is 6.07 Å². The summed E-state index contributed by atoms with van der Waals surface area (Å²) in [5.74, 6) is -0.336. The van der Waals surface area contributed by atoms with Crippen LogP contribution in [0.5, 0.6) is 0 Å². The lowest BCUT2D eigenvalue weighted by Gasteiger charge is -2.47. The van der Waals surface area contributed by atoms with Crippen LogP contribution in [0.15, 0.2) is 36.0 Å². The fourth-order valence-electron chi connectivity index (χ4n) is 7.44. The maximum Gasteiger partial charge on any atom is 0.311 e. The Morgan fingerprint density at radius 1 is 0.939 bits per heavy atom. The number of fused-ring (bicyclic) bond motifs is 4. The van der Waals surface area contributed by atoms with Gasteiger partial charge in [-0.25, -0.2) is 0 Å². The highest BCUT2D eigenvalue weighted by molar-refractivity contribution is 5.79. The fourth-order valence-corrected chi connectivity index (χ4v) is 7.44. The maximum absolute atomic E-state index is 12.1. The summed E-state index contributed by atoms with van der Waals surface area (Å²) in [6, 6.07) is 2.12. The molecule has 2 N–H and O–H groups in total. The number of rotatable bonds is 3. The lowest BCUT2D eigenvalue weighted by molar-refractivity contribution is -0.162. The van der Waals surface area contributed by atoms with Gasteiger partial charge in [0.2, 0.25) is 0 Å². The van der Waals surface area contributed by atoms with E-state index in [-0.39, 0.29) is 34.5 Å². The molecule has 7 atom stereocenters. The Bertz CT molecular complexity index is 954. The van der Waals surface area contributed by atoms with E-state index < -0.39 is 22.8 Å². The van der Waals surface area contributed by atoms with Crippen LogP contribution in [0.3, 0.4) is 0 Å². The van der Waals surface area contributed by atoms with Crippen molar-refractivity contribution in [2.45, 2.75) is 67.7 Å². The average Bonchev–Trinajstić information content (AvgIpc) is 3.46. The summed E-state index contributed by atoms with van der Waals surface area (Å²) in [5.41, 5.74) is -1.21. The minimum absolute atomic E-state index is 0.0720. The van der Waals surface area contributed by atoms with Crippen LogP contribution >= 0.6 is 0 Å². The van der Waals surface area contributed by atoms with Crippen LogP contribution in [0.4, 0.5) is 0 Å². The van der Waals surface area contributed by atoms with Crippen molar-refractivity contribution in [1.29, 1.82) is 5.26 Å². The van der Waals surface area contributed by atoms with Crippen molar-refractivity contribution in [2.24, 2.45) is 51.2 Å². The SMILES string of the molecule is CC(C#N)=CC1C2C=CC(C2)C1(C(=O)O)C(C)(C)C.CC(C)(C)C1(C(=O)O)CC2C=CC1C2. The van der Waals surface area contributed by atoms with E-state index in [1.807, 2.05) is 26.8 Å². The molecule has 0 radical (unpaired) electrons. The number of nitrogens with zero attached hydrogens (tertiary/aromatic N) is 1. The maximum atomic E-state index is 12.1. The molecule has 5 heteroatoms. The average molecular weight is 454 g/mol. The van der Waals surface area contributed by atoms with Crippen LogP contribution in [0.2, 0.25) is 0 Å². The van der Waals surface area contributed by atoms with Gasteiger partial charge in [-0.05, 0) is 60.7 Å². The zero-order chi connectivity index (χ0) is 25.0. The fraction of sp³-hybridized carbons (Fsp3) is 0.679. The molecule has 4 aliphatic carbocycles. The summed E-state index contributed by atoms with van der Waals surface area (Å²) in [4.78, 5) is 23.6. The molecule has 0 saturated heterocycles. The van der Waals surface area contributed by atoms with Crippen molar-refractivity contribution in [3.63, 3.8) is 0 Å². The molecule has 0 aromatic heterocycles. The first-order valence-electron chi connectivity index (χ1n) is 12.0. The second kappa shape index (κ2) is 8.15. The molecule has 0 spiro atoms. The number of carboxylic acids is 2. The zero-order valence-electron chi connectivity index (χ0n) is 21.1. The van der Waals surface area contributed by atoms with Gasteiger partial charge in [-0.2, -0.15) is 5.26 Å². The van der Waals surface area contributed by atoms with Gasteiger partial charge in [0.1, 0.15) is 0 Å². The first-order valence-corrected chi connectivity index (χ1v) is 12.0. The normalized spacial score (nSPS) is 38.7. The third-order valence-electron chi connectivity index (χ3n) is 9.00. The highest BCUT2D eigenvalue weighted by Crippen LogP contribution is 2.64. The first kappa shape index (κ1) is 25.3. The van der Waals surface area contributed by atoms with E-state index in [1.54, 1.807) is 6.92 Å². The van der Waals surface area contributed by atoms with Gasteiger partial charge in [-0.3, -0.25) is 9.59 Å². The molecule has 0 aliphatic heterocycles. The Kier molecular flexibility index (Phi) is 6.24. The van der Waals surface area contributed by atoms with Crippen molar-refractivity contribution in [3.05, 3.63) is 36.0 Å². The van der Waals surface area contributed by atoms with Crippen molar-refractivity contribution in [1.82, 2.24) is 0 Å². The van der Waals surface area contributed by atoms with Gasteiger partial charge in [-0.1, -0.05) is 71.9 Å². The largest absolute Gasteiger partial charge is 0.481 e. The number of carboxylic acid groups (broad SMARTS) is 2. The molecular formula is C28H39NO4. The topological polar surface area (TPSA) is 98.4 Å². The summed E-state index contributed by atoms with van der Waals surface area (Å²) < 4.78 is 0. The minimum atomic E-state index is -0.801. The minimum Gasteiger partial charge on any atom is -0.481 e. The molecule has 4 bridgehead atoms. The van der Waals surface area contributed by atoms with Gasteiger partial charge < -0.3 is 10.2 Å². The van der Waals surface area contributed by atoms with Gasteiger partial charge >= 0.3 is 11.9 Å². The third-order valence-corrected chi connectivity index (χ3v) is 9.00. The number of nitriles is 1. The van der Waals surface area contributed by atoms with E-state index in [4.69, 9.17) is 5.26 Å². The van der Waals surface area contributed by atoms with Crippen molar-refractivity contribution >= 4 is 11.9 Å². The van der Waals surface area contributed by atoms with Gasteiger partial charge in [0.25, 0.3) is 0 Å². The molecule has 5 nitrogen and oxygen atoms in total. The first-order chi connectivity index (χ1) is 15.1. The summed E-state index contributed by atoms with van der Waals surface area (Å²) >= 11 is 0. The molecule has 2 fully saturated rings. The molecule has 180 valence electrons. The number of allylic oxidation sites excluding steroid dienone is 6. The van der Waals surface area contributed by atoms with E-state index in [2.05, 4.69) is 51.1 Å². The molecule has 0 aromatic carbocycles. The summed E-state index contributed by atoms with van der Waals surface area (Å²) in [7, 11) is 0. The van der Waals surface area contributed by atoms with E-state index >= 15 is 0 Å². The van der Waals surface area contributed by atoms with Gasteiger partial charge in [-0.15, -0.1) is 0 Å². The van der Waals surface area contributed by atoms with Crippen LogP contribution in [0.1, 0.15) is 67.7 Å². The Balaban J connectivity index is 0.000000194. The molecule has 33 heavy (non-hydrogen) atoms. The highest BCUT2D eigenvalue weighted by atomic mass is 16.4. The molecule has 4 aliphatic rings. The standard InChI is InChI=1S/C16H21NO2.C12H18O2/c1-10(9-17)7-13-11-5-6-12(8-11)16(13,14(18)19)15(2,3)4;1-11(2,3)12(10(13)14)7-8-4-5-9(12)6-8/h5-7,11-13H,8H2,1-4H3,(H,18,19);4-5,8-9H,6-7H2,1-3H3,(H,13,14). The predicted molar refractivity (Wildman–Crippen MR) is 128 cm³/mol. The molecule has 0 amide bonds.